The second-order valence-electron chi connectivity index (χ2n) is 5.89. The van der Waals surface area contributed by atoms with Crippen LogP contribution in [0.15, 0.2) is 87.3 Å². The molecule has 4 nitrogen and oxygen atoms in total. The van der Waals surface area contributed by atoms with E-state index in [4.69, 9.17) is 5.10 Å². The van der Waals surface area contributed by atoms with Crippen LogP contribution in [0.3, 0.4) is 0 Å². The van der Waals surface area contributed by atoms with Crippen molar-refractivity contribution in [1.82, 2.24) is 9.66 Å². The number of hydrogen-bond acceptors (Lipinski definition) is 3. The van der Waals surface area contributed by atoms with Crippen molar-refractivity contribution >= 4 is 44.4 Å². The largest absolute Gasteiger partial charge is 0.361 e. The number of halogens is 1. The Morgan fingerprint density at radius 1 is 1.15 bits per heavy atom. The van der Waals surface area contributed by atoms with Gasteiger partial charge < -0.3 is 4.98 Å². The molecule has 0 saturated heterocycles. The van der Waals surface area contributed by atoms with E-state index < -0.39 is 0 Å². The van der Waals surface area contributed by atoms with Crippen molar-refractivity contribution in [3.05, 3.63) is 87.6 Å². The Kier molecular flexibility index (Phi) is 5.18. The lowest BCUT2D eigenvalue weighted by molar-refractivity contribution is 0.840. The third kappa shape index (κ3) is 3.72. The summed E-state index contributed by atoms with van der Waals surface area (Å²) in [4.78, 5) is 8.70. The van der Waals surface area contributed by atoms with E-state index in [1.54, 1.807) is 17.4 Å². The minimum absolute atomic E-state index is 0.558. The number of para-hydroxylation sites is 1. The molecule has 2 heterocycles. The van der Waals surface area contributed by atoms with Crippen molar-refractivity contribution in [1.29, 1.82) is 0 Å². The van der Waals surface area contributed by atoms with Gasteiger partial charge in [0.25, 0.3) is 0 Å². The van der Waals surface area contributed by atoms with Gasteiger partial charge in [-0.15, -0.1) is 17.9 Å². The van der Waals surface area contributed by atoms with E-state index in [-0.39, 0.29) is 0 Å². The first-order valence-corrected chi connectivity index (χ1v) is 10.1. The Balaban J connectivity index is 1.81. The van der Waals surface area contributed by atoms with Gasteiger partial charge in [-0.2, -0.15) is 5.10 Å². The Labute approximate surface area is 169 Å². The monoisotopic (exact) mass is 436 g/mol. The highest BCUT2D eigenvalue weighted by atomic mass is 79.9. The molecule has 0 aliphatic carbocycles. The van der Waals surface area contributed by atoms with Crippen molar-refractivity contribution in [2.45, 2.75) is 0 Å². The molecule has 0 radical (unpaired) electrons. The molecule has 0 saturated carbocycles. The number of aromatic amines is 1. The zero-order chi connectivity index (χ0) is 18.6. The number of H-pyrrole nitrogens is 1. The van der Waals surface area contributed by atoms with Crippen molar-refractivity contribution in [2.75, 3.05) is 6.54 Å². The third-order valence-electron chi connectivity index (χ3n) is 4.11. The van der Waals surface area contributed by atoms with Crippen LogP contribution in [0.25, 0.3) is 22.2 Å². The number of benzene rings is 2. The van der Waals surface area contributed by atoms with Crippen molar-refractivity contribution in [3.8, 4) is 11.3 Å². The summed E-state index contributed by atoms with van der Waals surface area (Å²) in [5, 5.41) is 7.98. The van der Waals surface area contributed by atoms with E-state index in [9.17, 15) is 0 Å². The average molecular weight is 437 g/mol. The number of fused-ring (bicyclic) bond motifs is 1. The molecular weight excluding hydrogens is 420 g/mol. The summed E-state index contributed by atoms with van der Waals surface area (Å²) >= 11 is 5.06. The van der Waals surface area contributed by atoms with Crippen LogP contribution in [-0.2, 0) is 0 Å². The Morgan fingerprint density at radius 3 is 2.78 bits per heavy atom. The maximum atomic E-state index is 4.75. The van der Waals surface area contributed by atoms with Crippen molar-refractivity contribution in [3.63, 3.8) is 0 Å². The van der Waals surface area contributed by atoms with Crippen LogP contribution in [0.5, 0.6) is 0 Å². The topological polar surface area (TPSA) is 45.4 Å². The van der Waals surface area contributed by atoms with E-state index in [0.717, 1.165) is 37.0 Å². The molecule has 0 aliphatic heterocycles. The minimum atomic E-state index is 0.558. The van der Waals surface area contributed by atoms with Crippen molar-refractivity contribution < 1.29 is 0 Å². The summed E-state index contributed by atoms with van der Waals surface area (Å²) in [5.74, 6) is 0. The summed E-state index contributed by atoms with van der Waals surface area (Å²) < 4.78 is 2.94. The zero-order valence-electron chi connectivity index (χ0n) is 14.5. The van der Waals surface area contributed by atoms with Crippen LogP contribution in [0.1, 0.15) is 5.56 Å². The van der Waals surface area contributed by atoms with E-state index in [0.29, 0.717) is 6.54 Å². The number of thiazole rings is 1. The lowest BCUT2D eigenvalue weighted by Gasteiger charge is -2.03. The molecule has 0 unspecified atom stereocenters. The number of aromatic nitrogens is 2. The molecule has 6 heteroatoms. The van der Waals surface area contributed by atoms with Crippen LogP contribution in [0, 0.1) is 0 Å². The predicted octanol–water partition coefficient (Wildman–Crippen LogP) is 5.43. The normalized spacial score (nSPS) is 12.3. The first kappa shape index (κ1) is 17.7. The molecule has 4 aromatic rings. The molecule has 4 rings (SSSR count). The number of rotatable bonds is 5. The molecule has 0 fully saturated rings. The van der Waals surface area contributed by atoms with E-state index in [2.05, 4.69) is 62.1 Å². The fraction of sp³-hybridized carbons (Fsp3) is 0.0476. The Morgan fingerprint density at radius 2 is 1.96 bits per heavy atom. The standard InChI is InChI=1S/C21H17BrN4S/c1-2-11-23-21-26(20(14-27-21)15-7-9-17(22)10-8-15)25-13-16-12-24-19-6-4-3-5-18(16)19/h2-10,12-14,24H,1,11H2/b23-21?,25-13+. The van der Waals surface area contributed by atoms with E-state index in [1.165, 1.54) is 0 Å². The van der Waals surface area contributed by atoms with Gasteiger partial charge in [-0.25, -0.2) is 4.68 Å². The molecule has 1 N–H and O–H groups in total. The molecule has 0 spiro atoms. The molecule has 0 aliphatic rings. The van der Waals surface area contributed by atoms with Crippen LogP contribution >= 0.6 is 27.3 Å². The summed E-state index contributed by atoms with van der Waals surface area (Å²) in [6, 6.07) is 16.4. The maximum absolute atomic E-state index is 4.75. The van der Waals surface area contributed by atoms with Gasteiger partial charge in [-0.05, 0) is 18.2 Å². The Hall–Kier alpha value is -2.70. The number of nitrogens with one attached hydrogen (secondary N) is 1. The second kappa shape index (κ2) is 7.90. The smallest absolute Gasteiger partial charge is 0.206 e. The highest BCUT2D eigenvalue weighted by Crippen LogP contribution is 2.23. The first-order chi connectivity index (χ1) is 13.3. The lowest BCUT2D eigenvalue weighted by Crippen LogP contribution is -2.12. The van der Waals surface area contributed by atoms with Gasteiger partial charge in [0.1, 0.15) is 0 Å². The summed E-state index contributed by atoms with van der Waals surface area (Å²) in [6.45, 7) is 4.31. The van der Waals surface area contributed by atoms with Gasteiger partial charge in [-0.3, -0.25) is 4.99 Å². The molecule has 0 atom stereocenters. The van der Waals surface area contributed by atoms with Gasteiger partial charge >= 0.3 is 0 Å². The van der Waals surface area contributed by atoms with Crippen LogP contribution in [0.2, 0.25) is 0 Å². The van der Waals surface area contributed by atoms with Gasteiger partial charge in [-0.1, -0.05) is 52.3 Å². The highest BCUT2D eigenvalue weighted by Gasteiger charge is 2.08. The highest BCUT2D eigenvalue weighted by molar-refractivity contribution is 9.10. The second-order valence-corrected chi connectivity index (χ2v) is 7.64. The zero-order valence-corrected chi connectivity index (χ0v) is 16.9. The van der Waals surface area contributed by atoms with Gasteiger partial charge in [0.05, 0.1) is 18.5 Å². The Bertz CT molecular complexity index is 1180. The minimum Gasteiger partial charge on any atom is -0.361 e. The fourth-order valence-electron chi connectivity index (χ4n) is 2.80. The van der Waals surface area contributed by atoms with E-state index >= 15 is 0 Å². The predicted molar refractivity (Wildman–Crippen MR) is 117 cm³/mol. The average Bonchev–Trinajstić information content (AvgIpc) is 3.29. The van der Waals surface area contributed by atoms with Crippen LogP contribution < -0.4 is 4.80 Å². The lowest BCUT2D eigenvalue weighted by atomic mass is 10.2. The molecule has 0 amide bonds. The molecule has 134 valence electrons. The van der Waals surface area contributed by atoms with Crippen LogP contribution in [-0.4, -0.2) is 22.4 Å². The molecule has 27 heavy (non-hydrogen) atoms. The number of nitrogens with zero attached hydrogens (tertiary/aromatic N) is 3. The molecule has 2 aromatic heterocycles. The number of hydrogen-bond donors (Lipinski definition) is 1. The van der Waals surface area contributed by atoms with Crippen LogP contribution in [0.4, 0.5) is 0 Å². The quantitative estimate of drug-likeness (QED) is 0.320. The maximum Gasteiger partial charge on any atom is 0.206 e. The third-order valence-corrected chi connectivity index (χ3v) is 5.50. The van der Waals surface area contributed by atoms with Gasteiger partial charge in [0.15, 0.2) is 0 Å². The SMILES string of the molecule is C=CCN=c1scc(-c2ccc(Br)cc2)n1/N=C/c1c[nH]c2ccccc12. The molecule has 2 aromatic carbocycles. The summed E-state index contributed by atoms with van der Waals surface area (Å²) in [5.41, 5.74) is 4.23. The van der Waals surface area contributed by atoms with Crippen molar-refractivity contribution in [2.24, 2.45) is 10.1 Å². The molecule has 0 bridgehead atoms. The van der Waals surface area contributed by atoms with Gasteiger partial charge in [0, 0.05) is 38.1 Å². The fourth-order valence-corrected chi connectivity index (χ4v) is 3.91. The summed E-state index contributed by atoms with van der Waals surface area (Å²) in [7, 11) is 0. The van der Waals surface area contributed by atoms with E-state index in [1.807, 2.05) is 41.4 Å². The molecular formula is C21H17BrN4S. The summed E-state index contributed by atoms with van der Waals surface area (Å²) in [6.07, 6.45) is 5.63. The van der Waals surface area contributed by atoms with Gasteiger partial charge in [0.2, 0.25) is 4.80 Å². The first-order valence-electron chi connectivity index (χ1n) is 8.44.